The third-order valence-electron chi connectivity index (χ3n) is 4.27. The molecule has 0 saturated carbocycles. The van der Waals surface area contributed by atoms with Crippen LogP contribution >= 0.6 is 0 Å². The highest BCUT2D eigenvalue weighted by Crippen LogP contribution is 2.22. The molecule has 4 aromatic rings. The number of hydrogen-bond donors (Lipinski definition) is 1. The van der Waals surface area contributed by atoms with E-state index in [0.29, 0.717) is 0 Å². The molecule has 2 heteroatoms. The molecule has 0 aliphatic rings. The summed E-state index contributed by atoms with van der Waals surface area (Å²) in [5, 5.41) is 3.40. The Bertz CT molecular complexity index is 965. The lowest BCUT2D eigenvalue weighted by molar-refractivity contribution is 1.46. The zero-order valence-corrected chi connectivity index (χ0v) is 14.9. The number of rotatable bonds is 5. The summed E-state index contributed by atoms with van der Waals surface area (Å²) in [5.41, 5.74) is 6.23. The van der Waals surface area contributed by atoms with E-state index in [2.05, 4.69) is 53.8 Å². The third kappa shape index (κ3) is 4.31. The van der Waals surface area contributed by atoms with Gasteiger partial charge in [-0.2, -0.15) is 0 Å². The molecule has 0 bridgehead atoms. The molecule has 0 radical (unpaired) electrons. The Hall–Kier alpha value is -3.65. The van der Waals surface area contributed by atoms with Gasteiger partial charge in [-0.3, -0.25) is 0 Å². The first-order valence-electron chi connectivity index (χ1n) is 9.00. The van der Waals surface area contributed by atoms with E-state index in [1.807, 2.05) is 66.7 Å². The monoisotopic (exact) mass is 348 g/mol. The Labute approximate surface area is 159 Å². The molecule has 130 valence electrons. The van der Waals surface area contributed by atoms with E-state index in [1.54, 1.807) is 0 Å². The summed E-state index contributed by atoms with van der Waals surface area (Å²) in [4.78, 5) is 4.94. The van der Waals surface area contributed by atoms with Crippen molar-refractivity contribution in [2.75, 3.05) is 5.32 Å². The van der Waals surface area contributed by atoms with E-state index >= 15 is 0 Å². The Morgan fingerprint density at radius 1 is 0.481 bits per heavy atom. The molecular weight excluding hydrogens is 328 g/mol. The van der Waals surface area contributed by atoms with Crippen LogP contribution in [-0.2, 0) is 0 Å². The van der Waals surface area contributed by atoms with Gasteiger partial charge in [-0.05, 0) is 36.4 Å². The second-order valence-electron chi connectivity index (χ2n) is 6.23. The van der Waals surface area contributed by atoms with E-state index in [0.717, 1.165) is 33.9 Å². The Kier molecular flexibility index (Phi) is 5.07. The van der Waals surface area contributed by atoms with Crippen molar-refractivity contribution < 1.29 is 0 Å². The zero-order chi connectivity index (χ0) is 18.3. The summed E-state index contributed by atoms with van der Waals surface area (Å²) in [6, 6.07) is 38.9. The molecule has 0 unspecified atom stereocenters. The number of nitrogens with zero attached hydrogens (tertiary/aromatic N) is 1. The maximum Gasteiger partial charge on any atom is 0.0781 e. The summed E-state index contributed by atoms with van der Waals surface area (Å²) in [5.74, 6) is 0. The largest absolute Gasteiger partial charge is 0.356 e. The second-order valence-corrected chi connectivity index (χ2v) is 6.23. The first kappa shape index (κ1) is 16.8. The number of para-hydroxylation sites is 1. The molecule has 0 amide bonds. The molecule has 2 nitrogen and oxygen atoms in total. The van der Waals surface area contributed by atoms with E-state index < -0.39 is 0 Å². The van der Waals surface area contributed by atoms with Crippen molar-refractivity contribution in [2.45, 2.75) is 0 Å². The first-order valence-corrected chi connectivity index (χ1v) is 9.00. The maximum atomic E-state index is 4.94. The summed E-state index contributed by atoms with van der Waals surface area (Å²) >= 11 is 0. The number of anilines is 2. The van der Waals surface area contributed by atoms with Gasteiger partial charge < -0.3 is 5.32 Å². The lowest BCUT2D eigenvalue weighted by atomic mass is 10.0. The van der Waals surface area contributed by atoms with E-state index in [4.69, 9.17) is 4.99 Å². The topological polar surface area (TPSA) is 24.4 Å². The van der Waals surface area contributed by atoms with Crippen LogP contribution in [0.2, 0.25) is 0 Å². The quantitative estimate of drug-likeness (QED) is 0.404. The average Bonchev–Trinajstić information content (AvgIpc) is 2.75. The maximum absolute atomic E-state index is 4.94. The molecule has 0 heterocycles. The van der Waals surface area contributed by atoms with Crippen molar-refractivity contribution >= 4 is 22.8 Å². The molecule has 0 atom stereocenters. The SMILES string of the molecule is c1ccc(Nc2ccc(N=C(c3ccccc3)c3ccccc3)cc2)cc1. The van der Waals surface area contributed by atoms with Crippen molar-refractivity contribution in [3.63, 3.8) is 0 Å². The zero-order valence-electron chi connectivity index (χ0n) is 14.9. The number of benzene rings is 4. The predicted octanol–water partition coefficient (Wildman–Crippen LogP) is 6.60. The van der Waals surface area contributed by atoms with Crippen LogP contribution in [-0.4, -0.2) is 5.71 Å². The molecule has 0 aliphatic heterocycles. The van der Waals surface area contributed by atoms with Gasteiger partial charge in [0.25, 0.3) is 0 Å². The highest BCUT2D eigenvalue weighted by molar-refractivity contribution is 6.13. The fraction of sp³-hybridized carbons (Fsp3) is 0. The average molecular weight is 348 g/mol. The van der Waals surface area contributed by atoms with Crippen molar-refractivity contribution in [3.8, 4) is 0 Å². The van der Waals surface area contributed by atoms with Crippen LogP contribution in [0, 0.1) is 0 Å². The Morgan fingerprint density at radius 2 is 0.926 bits per heavy atom. The molecule has 0 fully saturated rings. The van der Waals surface area contributed by atoms with Crippen LogP contribution in [0.25, 0.3) is 0 Å². The molecule has 27 heavy (non-hydrogen) atoms. The molecule has 4 rings (SSSR count). The normalized spacial score (nSPS) is 10.2. The first-order chi connectivity index (χ1) is 13.4. The molecule has 0 spiro atoms. The van der Waals surface area contributed by atoms with E-state index in [-0.39, 0.29) is 0 Å². The highest BCUT2D eigenvalue weighted by atomic mass is 14.9. The lowest BCUT2D eigenvalue weighted by Crippen LogP contribution is -2.02. The molecule has 0 aliphatic carbocycles. The van der Waals surface area contributed by atoms with Crippen molar-refractivity contribution in [1.82, 2.24) is 0 Å². The van der Waals surface area contributed by atoms with Gasteiger partial charge in [-0.1, -0.05) is 78.9 Å². The van der Waals surface area contributed by atoms with E-state index in [1.165, 1.54) is 0 Å². The third-order valence-corrected chi connectivity index (χ3v) is 4.27. The van der Waals surface area contributed by atoms with Crippen molar-refractivity contribution in [2.24, 2.45) is 4.99 Å². The minimum Gasteiger partial charge on any atom is -0.356 e. The second kappa shape index (κ2) is 8.15. The molecule has 4 aromatic carbocycles. The van der Waals surface area contributed by atoms with Crippen LogP contribution in [0.5, 0.6) is 0 Å². The summed E-state index contributed by atoms with van der Waals surface area (Å²) in [7, 11) is 0. The standard InChI is InChI=1S/C25H20N2/c1-4-10-20(11-5-1)25(21-12-6-2-7-13-21)27-24-18-16-23(17-19-24)26-22-14-8-3-9-15-22/h1-19,26H. The van der Waals surface area contributed by atoms with Crippen LogP contribution in [0.4, 0.5) is 17.1 Å². The Balaban J connectivity index is 1.64. The Morgan fingerprint density at radius 3 is 1.44 bits per heavy atom. The van der Waals surface area contributed by atoms with Gasteiger partial charge >= 0.3 is 0 Å². The van der Waals surface area contributed by atoms with Gasteiger partial charge in [0.2, 0.25) is 0 Å². The van der Waals surface area contributed by atoms with Gasteiger partial charge in [0, 0.05) is 22.5 Å². The minimum absolute atomic E-state index is 0.927. The van der Waals surface area contributed by atoms with Gasteiger partial charge in [0.05, 0.1) is 11.4 Å². The predicted molar refractivity (Wildman–Crippen MR) is 114 cm³/mol. The molecular formula is C25H20N2. The highest BCUT2D eigenvalue weighted by Gasteiger charge is 2.06. The minimum atomic E-state index is 0.927. The molecule has 0 saturated heterocycles. The van der Waals surface area contributed by atoms with Gasteiger partial charge in [0.15, 0.2) is 0 Å². The fourth-order valence-corrected chi connectivity index (χ4v) is 2.92. The fourth-order valence-electron chi connectivity index (χ4n) is 2.92. The van der Waals surface area contributed by atoms with Gasteiger partial charge in [-0.25, -0.2) is 4.99 Å². The number of aliphatic imine (C=N–C) groups is 1. The van der Waals surface area contributed by atoms with Gasteiger partial charge in [-0.15, -0.1) is 0 Å². The van der Waals surface area contributed by atoms with Crippen LogP contribution in [0.15, 0.2) is 120 Å². The van der Waals surface area contributed by atoms with Crippen molar-refractivity contribution in [3.05, 3.63) is 126 Å². The lowest BCUT2D eigenvalue weighted by Gasteiger charge is -2.09. The van der Waals surface area contributed by atoms with Crippen LogP contribution in [0.1, 0.15) is 11.1 Å². The van der Waals surface area contributed by atoms with Gasteiger partial charge in [0.1, 0.15) is 0 Å². The molecule has 0 aromatic heterocycles. The summed E-state index contributed by atoms with van der Waals surface area (Å²) in [6.45, 7) is 0. The summed E-state index contributed by atoms with van der Waals surface area (Å²) in [6.07, 6.45) is 0. The number of hydrogen-bond acceptors (Lipinski definition) is 2. The van der Waals surface area contributed by atoms with Crippen molar-refractivity contribution in [1.29, 1.82) is 0 Å². The van der Waals surface area contributed by atoms with Crippen LogP contribution < -0.4 is 5.32 Å². The molecule has 1 N–H and O–H groups in total. The van der Waals surface area contributed by atoms with E-state index in [9.17, 15) is 0 Å². The van der Waals surface area contributed by atoms with Crippen LogP contribution in [0.3, 0.4) is 0 Å². The number of nitrogens with one attached hydrogen (secondary N) is 1. The smallest absolute Gasteiger partial charge is 0.0781 e. The summed E-state index contributed by atoms with van der Waals surface area (Å²) < 4.78 is 0.